The van der Waals surface area contributed by atoms with Gasteiger partial charge < -0.3 is 4.85 Å². The minimum atomic E-state index is -0.0301. The molecule has 0 spiro atoms. The fraction of sp³-hybridized carbons (Fsp3) is 0.750. The molecular weight excluding hydrogens is 124 g/mol. The Balaban J connectivity index is 3.45. The zero-order chi connectivity index (χ0) is 7.82. The highest BCUT2D eigenvalue weighted by atomic mass is 14.6. The number of hydrogen-bond donors (Lipinski definition) is 0. The molecule has 0 aromatic heterocycles. The molecule has 0 aliphatic rings. The number of nitriles is 1. The Bertz CT molecular complexity index is 150. The smallest absolute Gasteiger partial charge is 0.230 e. The summed E-state index contributed by atoms with van der Waals surface area (Å²) in [5.41, 5.74) is 0. The molecule has 0 amide bonds. The summed E-state index contributed by atoms with van der Waals surface area (Å²) >= 11 is 0. The van der Waals surface area contributed by atoms with Gasteiger partial charge in [0.2, 0.25) is 6.54 Å². The van der Waals surface area contributed by atoms with Crippen LogP contribution in [0.3, 0.4) is 0 Å². The number of hydrogen-bond acceptors (Lipinski definition) is 1. The molecule has 0 aromatic carbocycles. The molecule has 0 aliphatic heterocycles. The minimum absolute atomic E-state index is 0.0301. The highest BCUT2D eigenvalue weighted by Gasteiger charge is 2.07. The Morgan fingerprint density at radius 3 is 2.80 bits per heavy atom. The summed E-state index contributed by atoms with van der Waals surface area (Å²) in [5, 5.41) is 8.49. The van der Waals surface area contributed by atoms with Gasteiger partial charge in [0.15, 0.2) is 0 Å². The van der Waals surface area contributed by atoms with Crippen molar-refractivity contribution in [3.8, 4) is 6.07 Å². The van der Waals surface area contributed by atoms with Gasteiger partial charge in [0, 0.05) is 0 Å². The van der Waals surface area contributed by atoms with E-state index in [-0.39, 0.29) is 5.92 Å². The van der Waals surface area contributed by atoms with Crippen molar-refractivity contribution >= 4 is 0 Å². The molecule has 0 saturated carbocycles. The van der Waals surface area contributed by atoms with E-state index in [1.165, 1.54) is 0 Å². The molecule has 0 rings (SSSR count). The molecule has 54 valence electrons. The molecule has 10 heavy (non-hydrogen) atoms. The molecular formula is C8H12N2. The lowest BCUT2D eigenvalue weighted by Crippen LogP contribution is -1.99. The number of unbranched alkanes of at least 4 members (excludes halogenated alkanes) is 1. The van der Waals surface area contributed by atoms with Crippen molar-refractivity contribution in [2.75, 3.05) is 6.54 Å². The second kappa shape index (κ2) is 6.11. The van der Waals surface area contributed by atoms with E-state index in [9.17, 15) is 0 Å². The summed E-state index contributed by atoms with van der Waals surface area (Å²) in [7, 11) is 0. The molecule has 0 N–H and O–H groups in total. The van der Waals surface area contributed by atoms with E-state index < -0.39 is 0 Å². The molecule has 0 radical (unpaired) electrons. The SMILES string of the molecule is [C-]#[N+]CC(C#N)CCCC. The van der Waals surface area contributed by atoms with Crippen LogP contribution in [-0.4, -0.2) is 6.54 Å². The Kier molecular flexibility index (Phi) is 5.48. The first kappa shape index (κ1) is 8.98. The van der Waals surface area contributed by atoms with Crippen LogP contribution in [0.5, 0.6) is 0 Å². The van der Waals surface area contributed by atoms with Gasteiger partial charge >= 0.3 is 0 Å². The summed E-state index contributed by atoms with van der Waals surface area (Å²) in [4.78, 5) is 3.19. The molecule has 1 unspecified atom stereocenters. The van der Waals surface area contributed by atoms with E-state index in [1.807, 2.05) is 0 Å². The van der Waals surface area contributed by atoms with Crippen LogP contribution in [0.15, 0.2) is 0 Å². The van der Waals surface area contributed by atoms with Gasteiger partial charge in [0.25, 0.3) is 0 Å². The molecule has 0 saturated heterocycles. The Labute approximate surface area is 62.3 Å². The van der Waals surface area contributed by atoms with Crippen molar-refractivity contribution in [2.24, 2.45) is 5.92 Å². The molecule has 2 heteroatoms. The Morgan fingerprint density at radius 2 is 2.40 bits per heavy atom. The number of rotatable bonds is 4. The van der Waals surface area contributed by atoms with Gasteiger partial charge in [-0.25, -0.2) is 6.57 Å². The van der Waals surface area contributed by atoms with E-state index in [0.717, 1.165) is 19.3 Å². The molecule has 0 heterocycles. The molecule has 0 aliphatic carbocycles. The standard InChI is InChI=1S/C8H12N2/c1-3-4-5-8(6-9)7-10-2/h8H,3-5,7H2,1H3. The average Bonchev–Trinajstić information content (AvgIpc) is 1.98. The fourth-order valence-electron chi connectivity index (χ4n) is 0.757. The van der Waals surface area contributed by atoms with Gasteiger partial charge in [-0.1, -0.05) is 19.8 Å². The van der Waals surface area contributed by atoms with E-state index in [4.69, 9.17) is 11.8 Å². The first-order valence-electron chi connectivity index (χ1n) is 3.58. The van der Waals surface area contributed by atoms with Crippen LogP contribution in [-0.2, 0) is 0 Å². The quantitative estimate of drug-likeness (QED) is 0.545. The zero-order valence-electron chi connectivity index (χ0n) is 6.30. The van der Waals surface area contributed by atoms with Gasteiger partial charge in [-0.3, -0.25) is 0 Å². The van der Waals surface area contributed by atoms with Crippen molar-refractivity contribution in [1.29, 1.82) is 5.26 Å². The van der Waals surface area contributed by atoms with E-state index in [1.54, 1.807) is 0 Å². The van der Waals surface area contributed by atoms with Crippen molar-refractivity contribution in [2.45, 2.75) is 26.2 Å². The van der Waals surface area contributed by atoms with Gasteiger partial charge in [-0.15, -0.1) is 0 Å². The van der Waals surface area contributed by atoms with Crippen molar-refractivity contribution < 1.29 is 0 Å². The second-order valence-corrected chi connectivity index (χ2v) is 2.31. The van der Waals surface area contributed by atoms with Gasteiger partial charge in [0.1, 0.15) is 5.92 Å². The third kappa shape index (κ3) is 3.92. The third-order valence-corrected chi connectivity index (χ3v) is 1.40. The van der Waals surface area contributed by atoms with Gasteiger partial charge in [-0.05, 0) is 6.42 Å². The van der Waals surface area contributed by atoms with Crippen LogP contribution in [0.25, 0.3) is 4.85 Å². The van der Waals surface area contributed by atoms with Crippen molar-refractivity contribution in [3.63, 3.8) is 0 Å². The largest absolute Gasteiger partial charge is 0.315 e. The lowest BCUT2D eigenvalue weighted by molar-refractivity contribution is 0.597. The average molecular weight is 136 g/mol. The van der Waals surface area contributed by atoms with Crippen molar-refractivity contribution in [3.05, 3.63) is 11.4 Å². The molecule has 0 aromatic rings. The van der Waals surface area contributed by atoms with Gasteiger partial charge in [-0.2, -0.15) is 5.26 Å². The lowest BCUT2D eigenvalue weighted by atomic mass is 10.0. The van der Waals surface area contributed by atoms with E-state index in [2.05, 4.69) is 17.8 Å². The Morgan fingerprint density at radius 1 is 1.70 bits per heavy atom. The van der Waals surface area contributed by atoms with E-state index in [0.29, 0.717) is 6.54 Å². The monoisotopic (exact) mass is 136 g/mol. The zero-order valence-corrected chi connectivity index (χ0v) is 6.30. The normalized spacial score (nSPS) is 11.5. The van der Waals surface area contributed by atoms with Crippen LogP contribution in [0.1, 0.15) is 26.2 Å². The fourth-order valence-corrected chi connectivity index (χ4v) is 0.757. The predicted molar refractivity (Wildman–Crippen MR) is 40.1 cm³/mol. The summed E-state index contributed by atoms with van der Waals surface area (Å²) in [6, 6.07) is 2.12. The number of nitrogens with zero attached hydrogens (tertiary/aromatic N) is 2. The third-order valence-electron chi connectivity index (χ3n) is 1.40. The molecule has 2 nitrogen and oxygen atoms in total. The van der Waals surface area contributed by atoms with Crippen LogP contribution in [0, 0.1) is 23.8 Å². The van der Waals surface area contributed by atoms with Crippen LogP contribution < -0.4 is 0 Å². The molecule has 0 fully saturated rings. The summed E-state index contributed by atoms with van der Waals surface area (Å²) in [5.74, 6) is -0.0301. The minimum Gasteiger partial charge on any atom is -0.315 e. The van der Waals surface area contributed by atoms with Crippen LogP contribution in [0.4, 0.5) is 0 Å². The first-order chi connectivity index (χ1) is 4.85. The topological polar surface area (TPSA) is 28.1 Å². The highest BCUT2D eigenvalue weighted by Crippen LogP contribution is 2.07. The maximum Gasteiger partial charge on any atom is 0.230 e. The predicted octanol–water partition coefficient (Wildman–Crippen LogP) is 2.24. The molecule has 1 atom stereocenters. The van der Waals surface area contributed by atoms with Gasteiger partial charge in [0.05, 0.1) is 6.07 Å². The summed E-state index contributed by atoms with van der Waals surface area (Å²) in [6.07, 6.45) is 3.05. The van der Waals surface area contributed by atoms with Crippen molar-refractivity contribution in [1.82, 2.24) is 0 Å². The van der Waals surface area contributed by atoms with Crippen LogP contribution in [0.2, 0.25) is 0 Å². The van der Waals surface area contributed by atoms with E-state index >= 15 is 0 Å². The van der Waals surface area contributed by atoms with Crippen LogP contribution >= 0.6 is 0 Å². The second-order valence-electron chi connectivity index (χ2n) is 2.31. The Hall–Kier alpha value is -1.02. The summed E-state index contributed by atoms with van der Waals surface area (Å²) in [6.45, 7) is 9.01. The lowest BCUT2D eigenvalue weighted by Gasteiger charge is -1.97. The maximum absolute atomic E-state index is 8.49. The first-order valence-corrected chi connectivity index (χ1v) is 3.58. The maximum atomic E-state index is 8.49. The summed E-state index contributed by atoms with van der Waals surface area (Å²) < 4.78 is 0. The highest BCUT2D eigenvalue weighted by molar-refractivity contribution is 4.87. The molecule has 0 bridgehead atoms.